The Morgan fingerprint density at radius 2 is 1.66 bits per heavy atom. The largest absolute Gasteiger partial charge is 0.348 e. The molecule has 0 atom stereocenters. The van der Waals surface area contributed by atoms with Gasteiger partial charge in [0.15, 0.2) is 0 Å². The number of hydrogen-bond donors (Lipinski definition) is 2. The van der Waals surface area contributed by atoms with Crippen molar-refractivity contribution in [2.45, 2.75) is 13.1 Å². The van der Waals surface area contributed by atoms with E-state index < -0.39 is 0 Å². The van der Waals surface area contributed by atoms with E-state index in [4.69, 9.17) is 0 Å². The molecule has 0 unspecified atom stereocenters. The molecule has 2 aromatic heterocycles. The first-order valence-electron chi connectivity index (χ1n) is 10.0. The molecule has 0 bridgehead atoms. The Bertz CT molecular complexity index is 1280. The third-order valence-electron chi connectivity index (χ3n) is 4.86. The fourth-order valence-electron chi connectivity index (χ4n) is 3.17. The van der Waals surface area contributed by atoms with Gasteiger partial charge in [-0.05, 0) is 46.8 Å². The molecule has 0 fully saturated rings. The molecule has 2 aromatic carbocycles. The topological polar surface area (TPSA) is 80.2 Å². The lowest BCUT2D eigenvalue weighted by Crippen LogP contribution is -2.23. The van der Waals surface area contributed by atoms with Crippen molar-refractivity contribution in [1.82, 2.24) is 9.88 Å². The van der Waals surface area contributed by atoms with Crippen LogP contribution in [0.25, 0.3) is 0 Å². The molecule has 0 aliphatic carbocycles. The molecule has 7 heteroatoms. The van der Waals surface area contributed by atoms with Crippen molar-refractivity contribution in [2.24, 2.45) is 0 Å². The molecule has 2 amide bonds. The van der Waals surface area contributed by atoms with E-state index in [1.165, 1.54) is 17.4 Å². The average Bonchev–Trinajstić information content (AvgIpc) is 3.35. The number of rotatable bonds is 7. The third kappa shape index (κ3) is 5.39. The first-order chi connectivity index (χ1) is 15.6. The number of nitrogens with one attached hydrogen (secondary N) is 2. The third-order valence-corrected chi connectivity index (χ3v) is 5.72. The van der Waals surface area contributed by atoms with E-state index in [1.807, 2.05) is 41.8 Å². The molecule has 0 radical (unpaired) electrons. The first-order valence-corrected chi connectivity index (χ1v) is 10.9. The second kappa shape index (κ2) is 9.89. The number of pyridine rings is 1. The molecular formula is C25H21N3O3S. The lowest BCUT2D eigenvalue weighted by Gasteiger charge is -2.09. The van der Waals surface area contributed by atoms with Crippen LogP contribution < -0.4 is 16.2 Å². The number of aromatic nitrogens is 1. The minimum Gasteiger partial charge on any atom is -0.348 e. The number of benzene rings is 2. The van der Waals surface area contributed by atoms with Crippen molar-refractivity contribution in [3.05, 3.63) is 122 Å². The summed E-state index contributed by atoms with van der Waals surface area (Å²) < 4.78 is 1.64. The van der Waals surface area contributed by atoms with Crippen molar-refractivity contribution >= 4 is 28.8 Å². The highest BCUT2D eigenvalue weighted by atomic mass is 32.1. The van der Waals surface area contributed by atoms with Gasteiger partial charge in [-0.2, -0.15) is 0 Å². The van der Waals surface area contributed by atoms with Crippen LogP contribution in [0.2, 0.25) is 0 Å². The summed E-state index contributed by atoms with van der Waals surface area (Å²) >= 11 is 1.36. The van der Waals surface area contributed by atoms with Crippen LogP contribution in [-0.4, -0.2) is 16.4 Å². The molecule has 0 spiro atoms. The monoisotopic (exact) mass is 443 g/mol. The molecule has 0 aliphatic rings. The van der Waals surface area contributed by atoms with Gasteiger partial charge in [0, 0.05) is 30.1 Å². The molecule has 32 heavy (non-hydrogen) atoms. The van der Waals surface area contributed by atoms with E-state index in [0.717, 1.165) is 11.1 Å². The molecule has 4 rings (SSSR count). The van der Waals surface area contributed by atoms with Gasteiger partial charge < -0.3 is 15.2 Å². The Hall–Kier alpha value is -3.97. The smallest absolute Gasteiger partial charge is 0.265 e. The van der Waals surface area contributed by atoms with Crippen LogP contribution in [0, 0.1) is 0 Å². The van der Waals surface area contributed by atoms with Gasteiger partial charge in [-0.1, -0.05) is 42.5 Å². The van der Waals surface area contributed by atoms with E-state index >= 15 is 0 Å². The molecule has 0 aliphatic heterocycles. The maximum Gasteiger partial charge on any atom is 0.265 e. The Morgan fingerprint density at radius 3 is 2.41 bits per heavy atom. The van der Waals surface area contributed by atoms with Crippen LogP contribution in [0.4, 0.5) is 5.69 Å². The molecule has 6 nitrogen and oxygen atoms in total. The van der Waals surface area contributed by atoms with E-state index in [2.05, 4.69) is 10.6 Å². The van der Waals surface area contributed by atoms with Crippen LogP contribution >= 0.6 is 11.3 Å². The Kier molecular flexibility index (Phi) is 6.57. The summed E-state index contributed by atoms with van der Waals surface area (Å²) in [5, 5.41) is 7.55. The number of nitrogens with zero attached hydrogens (tertiary/aromatic N) is 1. The quantitative estimate of drug-likeness (QED) is 0.451. The summed E-state index contributed by atoms with van der Waals surface area (Å²) in [4.78, 5) is 37.2. The summed E-state index contributed by atoms with van der Waals surface area (Å²) in [5.41, 5.74) is 2.94. The number of carbonyl (C=O) groups is 2. The first kappa shape index (κ1) is 21.3. The average molecular weight is 444 g/mol. The van der Waals surface area contributed by atoms with Crippen LogP contribution in [-0.2, 0) is 13.1 Å². The standard InChI is InChI=1S/C25H21N3O3S/c29-23-8-1-2-13-28(23)17-19-11-9-18(10-12-19)16-26-24(30)20-5-3-6-21(15-20)27-25(31)22-7-4-14-32-22/h1-15H,16-17H2,(H,26,30)(H,27,31). The number of anilines is 1. The van der Waals surface area contributed by atoms with E-state index in [-0.39, 0.29) is 17.4 Å². The molecule has 4 aromatic rings. The lowest BCUT2D eigenvalue weighted by molar-refractivity contribution is 0.0949. The van der Waals surface area contributed by atoms with Crippen LogP contribution in [0.15, 0.2) is 95.2 Å². The highest BCUT2D eigenvalue weighted by Crippen LogP contribution is 2.15. The molecular weight excluding hydrogens is 422 g/mol. The second-order valence-electron chi connectivity index (χ2n) is 7.18. The summed E-state index contributed by atoms with van der Waals surface area (Å²) in [7, 11) is 0. The van der Waals surface area contributed by atoms with E-state index in [0.29, 0.717) is 29.2 Å². The molecule has 0 saturated heterocycles. The Labute approximate surface area is 189 Å². The van der Waals surface area contributed by atoms with Crippen molar-refractivity contribution in [3.8, 4) is 0 Å². The molecule has 2 N–H and O–H groups in total. The number of carbonyl (C=O) groups excluding carboxylic acids is 2. The zero-order valence-electron chi connectivity index (χ0n) is 17.2. The zero-order chi connectivity index (χ0) is 22.3. The van der Waals surface area contributed by atoms with Gasteiger partial charge in [0.2, 0.25) is 0 Å². The summed E-state index contributed by atoms with van der Waals surface area (Å²) in [6, 6.07) is 23.2. The highest BCUT2D eigenvalue weighted by molar-refractivity contribution is 7.12. The molecule has 160 valence electrons. The Morgan fingerprint density at radius 1 is 0.844 bits per heavy atom. The number of hydrogen-bond acceptors (Lipinski definition) is 4. The van der Waals surface area contributed by atoms with Gasteiger partial charge in [-0.15, -0.1) is 11.3 Å². The number of amides is 2. The predicted octanol–water partition coefficient (Wildman–Crippen LogP) is 4.14. The van der Waals surface area contributed by atoms with E-state index in [1.54, 1.807) is 47.2 Å². The maximum atomic E-state index is 12.6. The van der Waals surface area contributed by atoms with Gasteiger partial charge in [-0.3, -0.25) is 14.4 Å². The minimum atomic E-state index is -0.225. The maximum absolute atomic E-state index is 12.6. The fourth-order valence-corrected chi connectivity index (χ4v) is 3.79. The predicted molar refractivity (Wildman–Crippen MR) is 126 cm³/mol. The van der Waals surface area contributed by atoms with Crippen LogP contribution in [0.5, 0.6) is 0 Å². The van der Waals surface area contributed by atoms with Crippen molar-refractivity contribution in [3.63, 3.8) is 0 Å². The number of thiophene rings is 1. The summed E-state index contributed by atoms with van der Waals surface area (Å²) in [5.74, 6) is -0.424. The van der Waals surface area contributed by atoms with Crippen molar-refractivity contribution in [2.75, 3.05) is 5.32 Å². The molecule has 2 heterocycles. The highest BCUT2D eigenvalue weighted by Gasteiger charge is 2.10. The minimum absolute atomic E-state index is 0.0438. The van der Waals surface area contributed by atoms with Gasteiger partial charge in [0.1, 0.15) is 0 Å². The van der Waals surface area contributed by atoms with Crippen LogP contribution in [0.3, 0.4) is 0 Å². The van der Waals surface area contributed by atoms with Gasteiger partial charge >= 0.3 is 0 Å². The van der Waals surface area contributed by atoms with Crippen LogP contribution in [0.1, 0.15) is 31.2 Å². The SMILES string of the molecule is O=C(NCc1ccc(Cn2ccccc2=O)cc1)c1cccc(NC(=O)c2cccs2)c1. The van der Waals surface area contributed by atoms with Gasteiger partial charge in [0.25, 0.3) is 17.4 Å². The van der Waals surface area contributed by atoms with Crippen molar-refractivity contribution < 1.29 is 9.59 Å². The van der Waals surface area contributed by atoms with Gasteiger partial charge in [-0.25, -0.2) is 0 Å². The van der Waals surface area contributed by atoms with Gasteiger partial charge in [0.05, 0.1) is 11.4 Å². The Balaban J connectivity index is 1.34. The second-order valence-corrected chi connectivity index (χ2v) is 8.13. The molecule has 0 saturated carbocycles. The van der Waals surface area contributed by atoms with E-state index in [9.17, 15) is 14.4 Å². The fraction of sp³-hybridized carbons (Fsp3) is 0.0800. The summed E-state index contributed by atoms with van der Waals surface area (Å²) in [6.45, 7) is 0.868. The lowest BCUT2D eigenvalue weighted by atomic mass is 10.1. The zero-order valence-corrected chi connectivity index (χ0v) is 18.0. The van der Waals surface area contributed by atoms with Crippen molar-refractivity contribution in [1.29, 1.82) is 0 Å². The normalized spacial score (nSPS) is 10.5. The summed E-state index contributed by atoms with van der Waals surface area (Å²) in [6.07, 6.45) is 1.76.